The molecule has 0 aliphatic heterocycles. The van der Waals surface area contributed by atoms with Gasteiger partial charge in [0.15, 0.2) is 0 Å². The first kappa shape index (κ1) is 12.0. The smallest absolute Gasteiger partial charge is 0.128 e. The molecule has 0 unspecified atom stereocenters. The van der Waals surface area contributed by atoms with Crippen molar-refractivity contribution in [3.63, 3.8) is 0 Å². The van der Waals surface area contributed by atoms with Crippen LogP contribution >= 0.6 is 15.9 Å². The molecule has 0 aromatic heterocycles. The fourth-order valence-corrected chi connectivity index (χ4v) is 1.62. The van der Waals surface area contributed by atoms with Gasteiger partial charge in [0, 0.05) is 4.47 Å². The second-order valence-electron chi connectivity index (χ2n) is 3.50. The van der Waals surface area contributed by atoms with E-state index in [4.69, 9.17) is 4.74 Å². The van der Waals surface area contributed by atoms with Gasteiger partial charge < -0.3 is 14.6 Å². The van der Waals surface area contributed by atoms with Crippen LogP contribution in [0.3, 0.4) is 0 Å². The van der Waals surface area contributed by atoms with Gasteiger partial charge in [-0.2, -0.15) is 0 Å². The first-order valence-electron chi connectivity index (χ1n) is 4.62. The van der Waals surface area contributed by atoms with Gasteiger partial charge in [-0.15, -0.1) is 0 Å². The highest BCUT2D eigenvalue weighted by atomic mass is 79.9. The maximum absolute atomic E-state index is 10.3. The summed E-state index contributed by atoms with van der Waals surface area (Å²) in [7, 11) is 0. The lowest BCUT2D eigenvalue weighted by Gasteiger charge is -2.14. The van der Waals surface area contributed by atoms with Gasteiger partial charge in [-0.25, -0.2) is 0 Å². The largest absolute Gasteiger partial charge is 0.546 e. The molecule has 0 saturated heterocycles. The van der Waals surface area contributed by atoms with E-state index in [0.29, 0.717) is 5.75 Å². The van der Waals surface area contributed by atoms with Crippen molar-refractivity contribution in [1.29, 1.82) is 0 Å². The van der Waals surface area contributed by atoms with Gasteiger partial charge in [0.25, 0.3) is 0 Å². The predicted octanol–water partition coefficient (Wildman–Crippen LogP) is 1.70. The normalized spacial score (nSPS) is 10.4. The zero-order valence-corrected chi connectivity index (χ0v) is 10.2. The van der Waals surface area contributed by atoms with Gasteiger partial charge in [-0.05, 0) is 29.7 Å². The van der Waals surface area contributed by atoms with Gasteiger partial charge in [0.05, 0.1) is 5.97 Å². The Labute approximate surface area is 97.2 Å². The Morgan fingerprint density at radius 2 is 2.20 bits per heavy atom. The number of hydrogen-bond donors (Lipinski definition) is 0. The van der Waals surface area contributed by atoms with Crippen LogP contribution in [-0.2, 0) is 4.79 Å². The molecule has 1 aromatic rings. The Morgan fingerprint density at radius 1 is 1.53 bits per heavy atom. The van der Waals surface area contributed by atoms with E-state index in [2.05, 4.69) is 15.9 Å². The minimum atomic E-state index is -1.22. The number of rotatable bonds is 4. The lowest BCUT2D eigenvalue weighted by atomic mass is 10.0. The van der Waals surface area contributed by atoms with Gasteiger partial charge >= 0.3 is 0 Å². The topological polar surface area (TPSA) is 49.4 Å². The molecule has 1 rings (SSSR count). The molecule has 0 bridgehead atoms. The van der Waals surface area contributed by atoms with Crippen molar-refractivity contribution in [3.8, 4) is 5.75 Å². The molecule has 1 aromatic carbocycles. The third kappa shape index (κ3) is 3.55. The van der Waals surface area contributed by atoms with E-state index >= 15 is 0 Å². The van der Waals surface area contributed by atoms with E-state index in [0.717, 1.165) is 10.0 Å². The van der Waals surface area contributed by atoms with E-state index in [-0.39, 0.29) is 5.92 Å². The number of carbonyl (C=O) groups excluding carboxylic acids is 1. The van der Waals surface area contributed by atoms with Crippen molar-refractivity contribution in [2.24, 2.45) is 0 Å². The van der Waals surface area contributed by atoms with Gasteiger partial charge in [0.2, 0.25) is 0 Å². The quantitative estimate of drug-likeness (QED) is 0.838. The standard InChI is InChI=1S/C11H13BrO3/c1-7(2)9-5-8(12)3-4-10(9)15-6-11(13)14/h3-5,7H,6H2,1-2H3,(H,13,14)/p-1. The molecule has 0 saturated carbocycles. The molecule has 15 heavy (non-hydrogen) atoms. The molecule has 82 valence electrons. The minimum absolute atomic E-state index is 0.277. The Bertz CT molecular complexity index is 361. The summed E-state index contributed by atoms with van der Waals surface area (Å²) in [6, 6.07) is 5.49. The maximum Gasteiger partial charge on any atom is 0.128 e. The number of carboxylic acid groups (broad SMARTS) is 1. The van der Waals surface area contributed by atoms with E-state index in [1.54, 1.807) is 6.07 Å². The summed E-state index contributed by atoms with van der Waals surface area (Å²) < 4.78 is 6.08. The third-order valence-corrected chi connectivity index (χ3v) is 2.43. The molecular weight excluding hydrogens is 260 g/mol. The summed E-state index contributed by atoms with van der Waals surface area (Å²) in [6.07, 6.45) is 0. The number of benzene rings is 1. The SMILES string of the molecule is CC(C)c1cc(Br)ccc1OCC(=O)[O-]. The Kier molecular flexibility index (Phi) is 4.15. The van der Waals surface area contributed by atoms with Crippen LogP contribution in [0.25, 0.3) is 0 Å². The summed E-state index contributed by atoms with van der Waals surface area (Å²) in [5, 5.41) is 10.3. The molecule has 0 N–H and O–H groups in total. The maximum atomic E-state index is 10.3. The summed E-state index contributed by atoms with van der Waals surface area (Å²) in [6.45, 7) is 3.63. The fraction of sp³-hybridized carbons (Fsp3) is 0.364. The lowest BCUT2D eigenvalue weighted by Crippen LogP contribution is -2.29. The van der Waals surface area contributed by atoms with E-state index in [1.807, 2.05) is 26.0 Å². The van der Waals surface area contributed by atoms with Crippen LogP contribution in [0.1, 0.15) is 25.3 Å². The zero-order chi connectivity index (χ0) is 11.4. The van der Waals surface area contributed by atoms with Crippen LogP contribution in [0.2, 0.25) is 0 Å². The Hall–Kier alpha value is -1.03. The molecule has 0 fully saturated rings. The number of halogens is 1. The highest BCUT2D eigenvalue weighted by Gasteiger charge is 2.08. The molecule has 0 atom stereocenters. The molecular formula is C11H12BrO3-. The van der Waals surface area contributed by atoms with Gasteiger partial charge in [-0.3, -0.25) is 0 Å². The summed E-state index contributed by atoms with van der Waals surface area (Å²) >= 11 is 3.36. The number of carboxylic acids is 1. The van der Waals surface area contributed by atoms with E-state index in [1.165, 1.54) is 0 Å². The molecule has 0 amide bonds. The second kappa shape index (κ2) is 5.16. The monoisotopic (exact) mass is 271 g/mol. The molecule has 0 radical (unpaired) electrons. The highest BCUT2D eigenvalue weighted by molar-refractivity contribution is 9.10. The van der Waals surface area contributed by atoms with Gasteiger partial charge in [0.1, 0.15) is 12.4 Å². The lowest BCUT2D eigenvalue weighted by molar-refractivity contribution is -0.307. The van der Waals surface area contributed by atoms with Gasteiger partial charge in [-0.1, -0.05) is 29.8 Å². The molecule has 3 nitrogen and oxygen atoms in total. The first-order valence-corrected chi connectivity index (χ1v) is 5.42. The molecule has 0 spiro atoms. The average Bonchev–Trinajstić information content (AvgIpc) is 2.15. The predicted molar refractivity (Wildman–Crippen MR) is 58.7 cm³/mol. The molecule has 4 heteroatoms. The summed E-state index contributed by atoms with van der Waals surface area (Å²) in [5.74, 6) is -0.343. The van der Waals surface area contributed by atoms with Crippen LogP contribution in [0.5, 0.6) is 5.75 Å². The number of hydrogen-bond acceptors (Lipinski definition) is 3. The van der Waals surface area contributed by atoms with Crippen molar-refractivity contribution < 1.29 is 14.6 Å². The zero-order valence-electron chi connectivity index (χ0n) is 8.62. The second-order valence-corrected chi connectivity index (χ2v) is 4.41. The Morgan fingerprint density at radius 3 is 2.73 bits per heavy atom. The van der Waals surface area contributed by atoms with Crippen molar-refractivity contribution >= 4 is 21.9 Å². The van der Waals surface area contributed by atoms with Crippen molar-refractivity contribution in [2.75, 3.05) is 6.61 Å². The minimum Gasteiger partial charge on any atom is -0.546 e. The van der Waals surface area contributed by atoms with Crippen molar-refractivity contribution in [2.45, 2.75) is 19.8 Å². The fourth-order valence-electron chi connectivity index (χ4n) is 1.24. The number of carbonyl (C=O) groups is 1. The highest BCUT2D eigenvalue weighted by Crippen LogP contribution is 2.29. The van der Waals surface area contributed by atoms with E-state index < -0.39 is 12.6 Å². The number of aliphatic carboxylic acids is 1. The molecule has 0 aliphatic rings. The van der Waals surface area contributed by atoms with E-state index in [9.17, 15) is 9.90 Å². The van der Waals surface area contributed by atoms with Crippen molar-refractivity contribution in [3.05, 3.63) is 28.2 Å². The van der Waals surface area contributed by atoms with Crippen LogP contribution in [0.15, 0.2) is 22.7 Å². The van der Waals surface area contributed by atoms with Crippen LogP contribution in [0.4, 0.5) is 0 Å². The third-order valence-electron chi connectivity index (χ3n) is 1.94. The Balaban J connectivity index is 2.90. The first-order chi connectivity index (χ1) is 7.00. The van der Waals surface area contributed by atoms with Crippen LogP contribution in [0, 0.1) is 0 Å². The average molecular weight is 272 g/mol. The summed E-state index contributed by atoms with van der Waals surface area (Å²) in [4.78, 5) is 10.3. The molecule has 0 heterocycles. The number of ether oxygens (including phenoxy) is 1. The summed E-state index contributed by atoms with van der Waals surface area (Å²) in [5.41, 5.74) is 0.977. The van der Waals surface area contributed by atoms with Crippen molar-refractivity contribution in [1.82, 2.24) is 0 Å². The van der Waals surface area contributed by atoms with Crippen LogP contribution < -0.4 is 9.84 Å². The van der Waals surface area contributed by atoms with Crippen LogP contribution in [-0.4, -0.2) is 12.6 Å². The molecule has 0 aliphatic carbocycles.